The topological polar surface area (TPSA) is 399 Å². The number of carbonyl (C=O) groups excluding carboxylic acids is 8. The summed E-state index contributed by atoms with van der Waals surface area (Å²) < 4.78 is 0. The molecule has 0 aromatic rings. The second-order valence-corrected chi connectivity index (χ2v) is 16.2. The van der Waals surface area contributed by atoms with Gasteiger partial charge in [0.05, 0.1) is 25.1 Å². The Morgan fingerprint density at radius 3 is 1.80 bits per heavy atom. The van der Waals surface area contributed by atoms with Crippen molar-refractivity contribution in [3.8, 4) is 0 Å². The number of hydrogen-bond acceptors (Lipinski definition) is 14. The maximum Gasteiger partial charge on any atom is 0.326 e. The van der Waals surface area contributed by atoms with Crippen LogP contribution in [0.3, 0.4) is 0 Å². The maximum atomic E-state index is 13.9. The van der Waals surface area contributed by atoms with Crippen molar-refractivity contribution in [3.63, 3.8) is 0 Å². The normalized spacial score (nSPS) is 19.2. The molecule has 25 heteroatoms. The molecule has 0 aromatic carbocycles. The van der Waals surface area contributed by atoms with Gasteiger partial charge in [-0.15, -0.1) is 0 Å². The molecule has 2 heterocycles. The second-order valence-electron chi connectivity index (χ2n) is 16.2. The van der Waals surface area contributed by atoms with Crippen LogP contribution in [0.1, 0.15) is 91.9 Å². The number of aliphatic hydroxyl groups is 1. The molecule has 2 aliphatic heterocycles. The molecule has 0 bridgehead atoms. The summed E-state index contributed by atoms with van der Waals surface area (Å²) >= 11 is 0. The fraction of sp³-hybridized carbons (Fsp3) is 0.718. The van der Waals surface area contributed by atoms with Crippen LogP contribution in [-0.2, 0) is 52.7 Å². The lowest BCUT2D eigenvalue weighted by Crippen LogP contribution is -2.62. The fourth-order valence-corrected chi connectivity index (χ4v) is 7.12. The minimum Gasteiger partial charge on any atom is -0.481 e. The first kappa shape index (κ1) is 54.2. The number of nitrogens with zero attached hydrogens (tertiary/aromatic N) is 2. The third kappa shape index (κ3) is 16.6. The van der Waals surface area contributed by atoms with E-state index >= 15 is 0 Å². The van der Waals surface area contributed by atoms with Crippen molar-refractivity contribution in [2.24, 2.45) is 17.4 Å². The average Bonchev–Trinajstić information content (AvgIpc) is 3.92. The fourth-order valence-electron chi connectivity index (χ4n) is 7.12. The predicted octanol–water partition coefficient (Wildman–Crippen LogP) is -4.55. The number of rotatable bonds is 26. The number of likely N-dealkylation sites (tertiary alicyclic amines) is 2. The highest BCUT2D eigenvalue weighted by atomic mass is 16.4. The number of aliphatic carboxylic acids is 3. The largest absolute Gasteiger partial charge is 0.481 e. The van der Waals surface area contributed by atoms with E-state index < -0.39 is 145 Å². The van der Waals surface area contributed by atoms with Crippen LogP contribution in [0.15, 0.2) is 0 Å². The molecule has 0 spiro atoms. The molecular weight excluding hydrogens is 848 g/mol. The molecule has 2 fully saturated rings. The summed E-state index contributed by atoms with van der Waals surface area (Å²) in [5.74, 6) is -11.4. The molecule has 2 aliphatic rings. The summed E-state index contributed by atoms with van der Waals surface area (Å²) in [5, 5.41) is 52.6. The van der Waals surface area contributed by atoms with E-state index in [1.165, 1.54) is 18.7 Å². The van der Waals surface area contributed by atoms with E-state index in [0.29, 0.717) is 32.2 Å². The molecule has 14 N–H and O–H groups in total. The van der Waals surface area contributed by atoms with Gasteiger partial charge in [-0.3, -0.25) is 47.9 Å². The molecule has 0 aliphatic carbocycles. The summed E-state index contributed by atoms with van der Waals surface area (Å²) in [4.78, 5) is 142. The van der Waals surface area contributed by atoms with Gasteiger partial charge in [-0.2, -0.15) is 0 Å². The number of nitrogens with one attached hydrogen (secondary N) is 6. The lowest BCUT2D eigenvalue weighted by Gasteiger charge is -2.32. The van der Waals surface area contributed by atoms with Crippen molar-refractivity contribution in [3.05, 3.63) is 0 Å². The first-order chi connectivity index (χ1) is 30.0. The molecule has 0 radical (unpaired) electrons. The van der Waals surface area contributed by atoms with Gasteiger partial charge in [0.2, 0.25) is 47.3 Å². The standard InChI is InChI=1S/C39H64N10O15/c1-19(2)30(46-32(56)20(3)43-34(58)24(17-29(54)55)45-33(57)22(41)12-13-28(52)53)37(61)47-31(21(4)50)38(62)49-16-8-10-25(49)35(59)42-18-27(51)48-15-7-11-26(48)36(60)44-23(39(63)64)9-5-6-14-40/h19-26,30-31,50H,5-18,40-41H2,1-4H3,(H,42,59)(H,43,58)(H,44,60)(H,45,57)(H,46,56)(H,47,61)(H,52,53)(H,54,55)(H,63,64)/t20-,21+,22-,23-,24-,25-,26-,30-,31-/m0/s1. The molecule has 0 saturated carbocycles. The molecular formula is C39H64N10O15. The van der Waals surface area contributed by atoms with Crippen LogP contribution in [0, 0.1) is 5.92 Å². The van der Waals surface area contributed by atoms with E-state index in [1.807, 2.05) is 0 Å². The van der Waals surface area contributed by atoms with Crippen LogP contribution in [-0.4, -0.2) is 176 Å². The van der Waals surface area contributed by atoms with Gasteiger partial charge in [0.1, 0.15) is 42.3 Å². The summed E-state index contributed by atoms with van der Waals surface area (Å²) in [5.41, 5.74) is 11.1. The number of carboxylic acid groups (broad SMARTS) is 3. The van der Waals surface area contributed by atoms with Gasteiger partial charge in [-0.1, -0.05) is 13.8 Å². The van der Waals surface area contributed by atoms with Gasteiger partial charge < -0.3 is 73.6 Å². The smallest absolute Gasteiger partial charge is 0.326 e. The van der Waals surface area contributed by atoms with E-state index in [1.54, 1.807) is 13.8 Å². The van der Waals surface area contributed by atoms with Gasteiger partial charge in [0.25, 0.3) is 0 Å². The Labute approximate surface area is 369 Å². The minimum absolute atomic E-state index is 0.0491. The Morgan fingerprint density at radius 1 is 0.656 bits per heavy atom. The molecule has 2 saturated heterocycles. The highest BCUT2D eigenvalue weighted by Crippen LogP contribution is 2.21. The monoisotopic (exact) mass is 912 g/mol. The predicted molar refractivity (Wildman–Crippen MR) is 222 cm³/mol. The lowest BCUT2D eigenvalue weighted by molar-refractivity contribution is -0.145. The van der Waals surface area contributed by atoms with Gasteiger partial charge in [0, 0.05) is 19.5 Å². The Balaban J connectivity index is 2.07. The van der Waals surface area contributed by atoms with E-state index in [0.717, 1.165) is 4.90 Å². The molecule has 2 rings (SSSR count). The Kier molecular flexibility index (Phi) is 22.0. The Bertz CT molecular complexity index is 1730. The van der Waals surface area contributed by atoms with Crippen LogP contribution in [0.2, 0.25) is 0 Å². The SMILES string of the molecule is CC(C)[C@H](NC(=O)[C@H](C)NC(=O)[C@H](CC(=O)O)NC(=O)[C@@H](N)CCC(=O)O)C(=O)N[C@H](C(=O)N1CCC[C@H]1C(=O)NCC(=O)N1CCC[C@H]1C(=O)N[C@@H](CCCCN)C(=O)O)[C@@H](C)O. The van der Waals surface area contributed by atoms with Crippen molar-refractivity contribution in [2.45, 2.75) is 146 Å². The zero-order valence-corrected chi connectivity index (χ0v) is 36.5. The minimum atomic E-state index is -1.72. The number of unbranched alkanes of at least 4 members (excludes halogenated alkanes) is 1. The number of hydrogen-bond donors (Lipinski definition) is 12. The molecule has 0 unspecified atom stereocenters. The average molecular weight is 913 g/mol. The van der Waals surface area contributed by atoms with Crippen molar-refractivity contribution in [1.29, 1.82) is 0 Å². The quantitative estimate of drug-likeness (QED) is 0.0364. The van der Waals surface area contributed by atoms with Crippen LogP contribution in [0.5, 0.6) is 0 Å². The maximum absolute atomic E-state index is 13.9. The molecule has 0 aromatic heterocycles. The number of carboxylic acids is 3. The summed E-state index contributed by atoms with van der Waals surface area (Å²) in [6, 6.07) is -10.7. The molecule has 8 amide bonds. The molecule has 64 heavy (non-hydrogen) atoms. The van der Waals surface area contributed by atoms with E-state index in [9.17, 15) is 68.1 Å². The summed E-state index contributed by atoms with van der Waals surface area (Å²) in [6.45, 7) is 5.59. The van der Waals surface area contributed by atoms with E-state index in [2.05, 4.69) is 31.9 Å². The van der Waals surface area contributed by atoms with Crippen molar-refractivity contribution in [1.82, 2.24) is 41.7 Å². The number of carbonyl (C=O) groups is 11. The Hall–Kier alpha value is -5.95. The van der Waals surface area contributed by atoms with Crippen LogP contribution in [0.25, 0.3) is 0 Å². The van der Waals surface area contributed by atoms with Gasteiger partial charge in [-0.25, -0.2) is 4.79 Å². The lowest BCUT2D eigenvalue weighted by atomic mass is 10.0. The highest BCUT2D eigenvalue weighted by molar-refractivity contribution is 5.98. The van der Waals surface area contributed by atoms with Gasteiger partial charge in [0.15, 0.2) is 0 Å². The number of aliphatic hydroxyl groups excluding tert-OH is 1. The van der Waals surface area contributed by atoms with Crippen molar-refractivity contribution >= 4 is 65.2 Å². The summed E-state index contributed by atoms with van der Waals surface area (Å²) in [7, 11) is 0. The number of nitrogens with two attached hydrogens (primary N) is 2. The van der Waals surface area contributed by atoms with E-state index in [-0.39, 0.29) is 38.8 Å². The third-order valence-electron chi connectivity index (χ3n) is 10.8. The van der Waals surface area contributed by atoms with Crippen LogP contribution >= 0.6 is 0 Å². The van der Waals surface area contributed by atoms with Crippen molar-refractivity contribution < 1.29 is 73.2 Å². The molecule has 9 atom stereocenters. The van der Waals surface area contributed by atoms with Crippen molar-refractivity contribution in [2.75, 3.05) is 26.2 Å². The summed E-state index contributed by atoms with van der Waals surface area (Å²) in [6.07, 6.45) is -0.751. The number of amides is 8. The zero-order valence-electron chi connectivity index (χ0n) is 36.5. The zero-order chi connectivity index (χ0) is 48.4. The highest BCUT2D eigenvalue weighted by Gasteiger charge is 2.42. The molecule has 25 nitrogen and oxygen atoms in total. The van der Waals surface area contributed by atoms with Crippen LogP contribution < -0.4 is 43.4 Å². The first-order valence-electron chi connectivity index (χ1n) is 21.2. The van der Waals surface area contributed by atoms with E-state index in [4.69, 9.17) is 16.6 Å². The first-order valence-corrected chi connectivity index (χ1v) is 21.2. The Morgan fingerprint density at radius 2 is 1.25 bits per heavy atom. The second kappa shape index (κ2) is 26.0. The molecule has 360 valence electrons. The third-order valence-corrected chi connectivity index (χ3v) is 10.8. The van der Waals surface area contributed by atoms with Crippen LogP contribution in [0.4, 0.5) is 0 Å². The van der Waals surface area contributed by atoms with Gasteiger partial charge >= 0.3 is 17.9 Å². The van der Waals surface area contributed by atoms with Gasteiger partial charge in [-0.05, 0) is 77.7 Å².